The van der Waals surface area contributed by atoms with E-state index in [4.69, 9.17) is 9.26 Å². The van der Waals surface area contributed by atoms with Gasteiger partial charge >= 0.3 is 5.97 Å². The Bertz CT molecular complexity index is 599. The summed E-state index contributed by atoms with van der Waals surface area (Å²) in [4.78, 5) is 24.3. The maximum atomic E-state index is 11.7. The maximum absolute atomic E-state index is 11.7. The molecule has 0 saturated heterocycles. The molecule has 0 bridgehead atoms. The highest BCUT2D eigenvalue weighted by Crippen LogP contribution is 2.13. The average molecular weight is 308 g/mol. The van der Waals surface area contributed by atoms with Crippen LogP contribution >= 0.6 is 11.3 Å². The van der Waals surface area contributed by atoms with Gasteiger partial charge in [0, 0.05) is 10.4 Å². The summed E-state index contributed by atoms with van der Waals surface area (Å²) in [7, 11) is 0. The Balaban J connectivity index is 1.72. The van der Waals surface area contributed by atoms with E-state index in [2.05, 4.69) is 10.5 Å². The van der Waals surface area contributed by atoms with Gasteiger partial charge in [-0.25, -0.2) is 0 Å². The molecule has 0 radical (unpaired) electrons. The van der Waals surface area contributed by atoms with Crippen LogP contribution in [0.4, 0.5) is 0 Å². The Morgan fingerprint density at radius 3 is 2.86 bits per heavy atom. The lowest BCUT2D eigenvalue weighted by atomic mass is 10.1. The number of aryl methyl sites for hydroxylation is 2. The highest BCUT2D eigenvalue weighted by Gasteiger charge is 2.15. The summed E-state index contributed by atoms with van der Waals surface area (Å²) in [5.41, 5.74) is 1.37. The first-order chi connectivity index (χ1) is 10.1. The molecule has 0 spiro atoms. The molecule has 0 aliphatic carbocycles. The molecule has 2 heterocycles. The fourth-order valence-corrected chi connectivity index (χ4v) is 2.39. The standard InChI is InChI=1S/C14H16N2O4S/c1-9-12(10(2)20-16-9)6-14(18)19-8-13(17)15-7-11-4-3-5-21-11/h3-5H,6-8H2,1-2H3,(H,15,17). The van der Waals surface area contributed by atoms with E-state index in [-0.39, 0.29) is 18.9 Å². The molecule has 1 N–H and O–H groups in total. The Morgan fingerprint density at radius 1 is 1.43 bits per heavy atom. The molecule has 2 aromatic rings. The second-order valence-corrected chi connectivity index (χ2v) is 5.53. The van der Waals surface area contributed by atoms with Gasteiger partial charge in [-0.1, -0.05) is 11.2 Å². The zero-order valence-corrected chi connectivity index (χ0v) is 12.7. The van der Waals surface area contributed by atoms with E-state index >= 15 is 0 Å². The van der Waals surface area contributed by atoms with Crippen LogP contribution in [0.1, 0.15) is 21.9 Å². The molecule has 1 amide bonds. The molecule has 0 aromatic carbocycles. The Morgan fingerprint density at radius 2 is 2.24 bits per heavy atom. The summed E-state index contributed by atoms with van der Waals surface area (Å²) in [6, 6.07) is 3.84. The van der Waals surface area contributed by atoms with E-state index in [1.807, 2.05) is 17.5 Å². The van der Waals surface area contributed by atoms with Crippen molar-refractivity contribution in [2.24, 2.45) is 0 Å². The van der Waals surface area contributed by atoms with Gasteiger partial charge in [-0.2, -0.15) is 0 Å². The smallest absolute Gasteiger partial charge is 0.310 e. The van der Waals surface area contributed by atoms with Crippen LogP contribution in [0.15, 0.2) is 22.0 Å². The summed E-state index contributed by atoms with van der Waals surface area (Å²) < 4.78 is 9.91. The molecule has 6 nitrogen and oxygen atoms in total. The second-order valence-electron chi connectivity index (χ2n) is 4.50. The molecule has 2 rings (SSSR count). The second kappa shape index (κ2) is 7.03. The van der Waals surface area contributed by atoms with Gasteiger partial charge in [0.05, 0.1) is 18.7 Å². The fourth-order valence-electron chi connectivity index (χ4n) is 1.75. The van der Waals surface area contributed by atoms with E-state index in [9.17, 15) is 9.59 Å². The van der Waals surface area contributed by atoms with Crippen LogP contribution in [0.2, 0.25) is 0 Å². The van der Waals surface area contributed by atoms with Crippen LogP contribution in [0.3, 0.4) is 0 Å². The summed E-state index contributed by atoms with van der Waals surface area (Å²) >= 11 is 1.56. The van der Waals surface area contributed by atoms with Gasteiger partial charge in [0.2, 0.25) is 0 Å². The highest BCUT2D eigenvalue weighted by atomic mass is 32.1. The first-order valence-corrected chi connectivity index (χ1v) is 7.30. The lowest BCUT2D eigenvalue weighted by molar-refractivity contribution is -0.147. The zero-order valence-electron chi connectivity index (χ0n) is 11.8. The van der Waals surface area contributed by atoms with Gasteiger partial charge in [0.1, 0.15) is 5.76 Å². The van der Waals surface area contributed by atoms with Crippen molar-refractivity contribution < 1.29 is 18.8 Å². The Labute approximate surface area is 126 Å². The third kappa shape index (κ3) is 4.42. The number of carbonyl (C=O) groups is 2. The number of esters is 1. The molecule has 0 fully saturated rings. The monoisotopic (exact) mass is 308 g/mol. The molecule has 7 heteroatoms. The first kappa shape index (κ1) is 15.2. The van der Waals surface area contributed by atoms with Gasteiger partial charge in [0.15, 0.2) is 6.61 Å². The normalized spacial score (nSPS) is 10.4. The quantitative estimate of drug-likeness (QED) is 0.822. The van der Waals surface area contributed by atoms with Gasteiger partial charge < -0.3 is 14.6 Å². The van der Waals surface area contributed by atoms with Gasteiger partial charge in [-0.05, 0) is 25.3 Å². The lowest BCUT2D eigenvalue weighted by Gasteiger charge is -2.05. The summed E-state index contributed by atoms with van der Waals surface area (Å²) in [5, 5.41) is 8.38. The number of thiophene rings is 1. The summed E-state index contributed by atoms with van der Waals surface area (Å²) in [5.74, 6) is -0.210. The van der Waals surface area contributed by atoms with Gasteiger partial charge in [-0.3, -0.25) is 9.59 Å². The molecular weight excluding hydrogens is 292 g/mol. The van der Waals surface area contributed by atoms with Gasteiger partial charge in [-0.15, -0.1) is 11.3 Å². The van der Waals surface area contributed by atoms with Crippen LogP contribution < -0.4 is 5.32 Å². The predicted molar refractivity (Wildman–Crippen MR) is 76.8 cm³/mol. The number of ether oxygens (including phenoxy) is 1. The topological polar surface area (TPSA) is 81.4 Å². The van der Waals surface area contributed by atoms with Crippen molar-refractivity contribution >= 4 is 23.2 Å². The van der Waals surface area contributed by atoms with Crippen molar-refractivity contribution in [3.05, 3.63) is 39.4 Å². The van der Waals surface area contributed by atoms with E-state index < -0.39 is 5.97 Å². The third-order valence-corrected chi connectivity index (χ3v) is 3.78. The van der Waals surface area contributed by atoms with E-state index in [0.29, 0.717) is 23.6 Å². The molecule has 0 aliphatic heterocycles. The summed E-state index contributed by atoms with van der Waals surface area (Å²) in [6.07, 6.45) is 0.0549. The molecule has 112 valence electrons. The molecule has 0 atom stereocenters. The first-order valence-electron chi connectivity index (χ1n) is 6.42. The number of nitrogens with one attached hydrogen (secondary N) is 1. The van der Waals surface area contributed by atoms with Crippen molar-refractivity contribution in [3.63, 3.8) is 0 Å². The zero-order chi connectivity index (χ0) is 15.2. The van der Waals surface area contributed by atoms with Crippen LogP contribution in [-0.2, 0) is 27.3 Å². The van der Waals surface area contributed by atoms with Gasteiger partial charge in [0.25, 0.3) is 5.91 Å². The largest absolute Gasteiger partial charge is 0.455 e. The van der Waals surface area contributed by atoms with Crippen molar-refractivity contribution in [1.29, 1.82) is 0 Å². The highest BCUT2D eigenvalue weighted by molar-refractivity contribution is 7.09. The minimum atomic E-state index is -0.476. The average Bonchev–Trinajstić information content (AvgIpc) is 3.08. The number of nitrogens with zero attached hydrogens (tertiary/aromatic N) is 1. The van der Waals surface area contributed by atoms with Crippen LogP contribution in [0, 0.1) is 13.8 Å². The molecule has 2 aromatic heterocycles. The number of amides is 1. The van der Waals surface area contributed by atoms with Crippen molar-refractivity contribution in [2.45, 2.75) is 26.8 Å². The van der Waals surface area contributed by atoms with E-state index in [0.717, 1.165) is 4.88 Å². The van der Waals surface area contributed by atoms with Crippen molar-refractivity contribution in [3.8, 4) is 0 Å². The Kier molecular flexibility index (Phi) is 5.10. The number of aromatic nitrogens is 1. The molecular formula is C14H16N2O4S. The SMILES string of the molecule is Cc1noc(C)c1CC(=O)OCC(=O)NCc1cccs1. The van der Waals surface area contributed by atoms with E-state index in [1.165, 1.54) is 0 Å². The van der Waals surface area contributed by atoms with Crippen LogP contribution in [0.25, 0.3) is 0 Å². The Hall–Kier alpha value is -2.15. The van der Waals surface area contributed by atoms with Crippen LogP contribution in [-0.4, -0.2) is 23.6 Å². The number of rotatable bonds is 6. The molecule has 21 heavy (non-hydrogen) atoms. The molecule has 0 unspecified atom stereocenters. The summed E-state index contributed by atoms with van der Waals surface area (Å²) in [6.45, 7) is 3.65. The number of hydrogen-bond donors (Lipinski definition) is 1. The van der Waals surface area contributed by atoms with E-state index in [1.54, 1.807) is 25.2 Å². The maximum Gasteiger partial charge on any atom is 0.310 e. The van der Waals surface area contributed by atoms with Crippen molar-refractivity contribution in [2.75, 3.05) is 6.61 Å². The van der Waals surface area contributed by atoms with Crippen molar-refractivity contribution in [1.82, 2.24) is 10.5 Å². The molecule has 0 aliphatic rings. The fraction of sp³-hybridized carbons (Fsp3) is 0.357. The van der Waals surface area contributed by atoms with Crippen LogP contribution in [0.5, 0.6) is 0 Å². The third-order valence-electron chi connectivity index (χ3n) is 2.91. The lowest BCUT2D eigenvalue weighted by Crippen LogP contribution is -2.28. The number of carbonyl (C=O) groups excluding carboxylic acids is 2. The number of hydrogen-bond acceptors (Lipinski definition) is 6. The molecule has 0 saturated carbocycles. The minimum Gasteiger partial charge on any atom is -0.455 e. The predicted octanol–water partition coefficient (Wildman–Crippen LogP) is 1.76. The minimum absolute atomic E-state index is 0.0549.